The van der Waals surface area contributed by atoms with E-state index in [1.165, 1.54) is 16.7 Å². The first-order valence-corrected chi connectivity index (χ1v) is 6.17. The first-order chi connectivity index (χ1) is 8.60. The molecule has 0 aliphatic heterocycles. The molecule has 0 aliphatic carbocycles. The second-order valence-corrected chi connectivity index (χ2v) is 4.83. The summed E-state index contributed by atoms with van der Waals surface area (Å²) in [5, 5.41) is 0. The predicted octanol–water partition coefficient (Wildman–Crippen LogP) is 2.95. The third-order valence-electron chi connectivity index (χ3n) is 3.37. The minimum atomic E-state index is 0.0876. The molecular weight excluding hydrogens is 224 g/mol. The van der Waals surface area contributed by atoms with Gasteiger partial charge in [0.05, 0.1) is 12.3 Å². The molecule has 2 rings (SSSR count). The Hall–Kier alpha value is -1.58. The van der Waals surface area contributed by atoms with Gasteiger partial charge < -0.3 is 4.42 Å². The fourth-order valence-electron chi connectivity index (χ4n) is 2.09. The third-order valence-corrected chi connectivity index (χ3v) is 3.37. The highest BCUT2D eigenvalue weighted by Gasteiger charge is 2.13. The van der Waals surface area contributed by atoms with Crippen molar-refractivity contribution >= 4 is 0 Å². The van der Waals surface area contributed by atoms with Gasteiger partial charge in [0.1, 0.15) is 5.76 Å². The molecule has 1 heterocycles. The Morgan fingerprint density at radius 2 is 1.94 bits per heavy atom. The Bertz CT molecular complexity index is 531. The normalized spacial score (nSPS) is 12.7. The van der Waals surface area contributed by atoms with E-state index in [1.807, 2.05) is 13.0 Å². The highest BCUT2D eigenvalue weighted by atomic mass is 16.3. The van der Waals surface area contributed by atoms with Crippen LogP contribution in [0.3, 0.4) is 0 Å². The van der Waals surface area contributed by atoms with Crippen LogP contribution in [0.25, 0.3) is 0 Å². The van der Waals surface area contributed by atoms with Crippen LogP contribution in [-0.2, 0) is 6.42 Å². The molecule has 1 aromatic carbocycles. The van der Waals surface area contributed by atoms with E-state index in [1.54, 1.807) is 6.26 Å². The van der Waals surface area contributed by atoms with Crippen molar-refractivity contribution in [3.8, 4) is 0 Å². The number of aryl methyl sites for hydroxylation is 3. The molecule has 96 valence electrons. The summed E-state index contributed by atoms with van der Waals surface area (Å²) in [5.41, 5.74) is 7.85. The first kappa shape index (κ1) is 12.9. The Morgan fingerprint density at radius 3 is 2.50 bits per heavy atom. The summed E-state index contributed by atoms with van der Waals surface area (Å²) in [7, 11) is 0. The quantitative estimate of drug-likeness (QED) is 0.642. The van der Waals surface area contributed by atoms with Crippen LogP contribution in [-0.4, -0.2) is 0 Å². The number of hydrogen-bond acceptors (Lipinski definition) is 3. The molecule has 0 saturated heterocycles. The van der Waals surface area contributed by atoms with Crippen molar-refractivity contribution in [1.29, 1.82) is 0 Å². The third kappa shape index (κ3) is 2.81. The van der Waals surface area contributed by atoms with E-state index in [0.29, 0.717) is 0 Å². The van der Waals surface area contributed by atoms with Crippen molar-refractivity contribution in [2.24, 2.45) is 5.84 Å². The van der Waals surface area contributed by atoms with E-state index in [9.17, 15) is 0 Å². The SMILES string of the molecule is Cc1cc(C(Cc2ccc(C)c(C)c2)NN)co1. The summed E-state index contributed by atoms with van der Waals surface area (Å²) >= 11 is 0. The van der Waals surface area contributed by atoms with Gasteiger partial charge in [0, 0.05) is 5.56 Å². The smallest absolute Gasteiger partial charge is 0.101 e. The zero-order valence-corrected chi connectivity index (χ0v) is 11.2. The van der Waals surface area contributed by atoms with Gasteiger partial charge in [-0.3, -0.25) is 11.3 Å². The topological polar surface area (TPSA) is 51.2 Å². The number of nitrogens with two attached hydrogens (primary N) is 1. The van der Waals surface area contributed by atoms with Crippen LogP contribution in [0.5, 0.6) is 0 Å². The minimum absolute atomic E-state index is 0.0876. The summed E-state index contributed by atoms with van der Waals surface area (Å²) in [4.78, 5) is 0. The fourth-order valence-corrected chi connectivity index (χ4v) is 2.09. The molecule has 0 aliphatic rings. The van der Waals surface area contributed by atoms with Gasteiger partial charge in [-0.05, 0) is 49.9 Å². The van der Waals surface area contributed by atoms with Crippen LogP contribution in [0.1, 0.15) is 34.1 Å². The number of hydrogen-bond donors (Lipinski definition) is 2. The van der Waals surface area contributed by atoms with Crippen LogP contribution >= 0.6 is 0 Å². The molecule has 0 bridgehead atoms. The second-order valence-electron chi connectivity index (χ2n) is 4.83. The van der Waals surface area contributed by atoms with Crippen molar-refractivity contribution in [1.82, 2.24) is 5.43 Å². The molecule has 3 N–H and O–H groups in total. The average Bonchev–Trinajstić information content (AvgIpc) is 2.77. The van der Waals surface area contributed by atoms with Crippen molar-refractivity contribution in [3.05, 3.63) is 58.5 Å². The Morgan fingerprint density at radius 1 is 1.17 bits per heavy atom. The van der Waals surface area contributed by atoms with Crippen LogP contribution in [0, 0.1) is 20.8 Å². The summed E-state index contributed by atoms with van der Waals surface area (Å²) in [6, 6.07) is 8.63. The molecule has 1 unspecified atom stereocenters. The van der Waals surface area contributed by atoms with Gasteiger partial charge in [-0.2, -0.15) is 0 Å². The number of nitrogens with one attached hydrogen (secondary N) is 1. The number of benzene rings is 1. The standard InChI is InChI=1S/C15H20N2O/c1-10-4-5-13(6-11(10)2)8-15(17-16)14-7-12(3)18-9-14/h4-7,9,15,17H,8,16H2,1-3H3. The lowest BCUT2D eigenvalue weighted by atomic mass is 9.98. The molecule has 0 amide bonds. The van der Waals surface area contributed by atoms with Crippen molar-refractivity contribution in [2.75, 3.05) is 0 Å². The van der Waals surface area contributed by atoms with Crippen molar-refractivity contribution < 1.29 is 4.42 Å². The van der Waals surface area contributed by atoms with Crippen LogP contribution in [0.15, 0.2) is 34.9 Å². The highest BCUT2D eigenvalue weighted by molar-refractivity contribution is 5.31. The maximum atomic E-state index is 5.64. The zero-order valence-electron chi connectivity index (χ0n) is 11.2. The second kappa shape index (κ2) is 5.38. The highest BCUT2D eigenvalue weighted by Crippen LogP contribution is 2.21. The van der Waals surface area contributed by atoms with Crippen LogP contribution in [0.2, 0.25) is 0 Å². The first-order valence-electron chi connectivity index (χ1n) is 6.17. The van der Waals surface area contributed by atoms with E-state index in [-0.39, 0.29) is 6.04 Å². The molecule has 0 saturated carbocycles. The molecule has 1 atom stereocenters. The molecule has 3 heteroatoms. The lowest BCUT2D eigenvalue weighted by Crippen LogP contribution is -2.29. The van der Waals surface area contributed by atoms with Gasteiger partial charge in [0.15, 0.2) is 0 Å². The molecule has 1 aromatic heterocycles. The molecule has 0 fully saturated rings. The Kier molecular flexibility index (Phi) is 3.84. The van der Waals surface area contributed by atoms with E-state index in [4.69, 9.17) is 10.3 Å². The number of rotatable bonds is 4. The van der Waals surface area contributed by atoms with E-state index < -0.39 is 0 Å². The predicted molar refractivity (Wildman–Crippen MR) is 73.1 cm³/mol. The van der Waals surface area contributed by atoms with Gasteiger partial charge in [-0.25, -0.2) is 0 Å². The van der Waals surface area contributed by atoms with Crippen LogP contribution < -0.4 is 11.3 Å². The summed E-state index contributed by atoms with van der Waals surface area (Å²) in [5.74, 6) is 6.55. The maximum absolute atomic E-state index is 5.64. The van der Waals surface area contributed by atoms with E-state index in [0.717, 1.165) is 17.7 Å². The van der Waals surface area contributed by atoms with Gasteiger partial charge in [0.2, 0.25) is 0 Å². The molecule has 3 nitrogen and oxygen atoms in total. The summed E-state index contributed by atoms with van der Waals surface area (Å²) in [6.45, 7) is 6.19. The largest absolute Gasteiger partial charge is 0.469 e. The van der Waals surface area contributed by atoms with Crippen molar-refractivity contribution in [3.63, 3.8) is 0 Å². The summed E-state index contributed by atoms with van der Waals surface area (Å²) < 4.78 is 5.33. The van der Waals surface area contributed by atoms with E-state index >= 15 is 0 Å². The number of hydrazine groups is 1. The molecule has 18 heavy (non-hydrogen) atoms. The van der Waals surface area contributed by atoms with Gasteiger partial charge >= 0.3 is 0 Å². The molecule has 0 radical (unpaired) electrons. The average molecular weight is 244 g/mol. The summed E-state index contributed by atoms with van der Waals surface area (Å²) in [6.07, 6.45) is 2.62. The fraction of sp³-hybridized carbons (Fsp3) is 0.333. The van der Waals surface area contributed by atoms with E-state index in [2.05, 4.69) is 37.5 Å². The van der Waals surface area contributed by atoms with Gasteiger partial charge in [-0.15, -0.1) is 0 Å². The Balaban J connectivity index is 2.17. The van der Waals surface area contributed by atoms with Gasteiger partial charge in [-0.1, -0.05) is 18.2 Å². The lowest BCUT2D eigenvalue weighted by Gasteiger charge is -2.15. The molecule has 0 spiro atoms. The minimum Gasteiger partial charge on any atom is -0.469 e. The lowest BCUT2D eigenvalue weighted by molar-refractivity contribution is 0.511. The van der Waals surface area contributed by atoms with Crippen molar-refractivity contribution in [2.45, 2.75) is 33.2 Å². The zero-order chi connectivity index (χ0) is 13.1. The Labute approximate surface area is 108 Å². The number of furan rings is 1. The maximum Gasteiger partial charge on any atom is 0.101 e. The van der Waals surface area contributed by atoms with Crippen LogP contribution in [0.4, 0.5) is 0 Å². The monoisotopic (exact) mass is 244 g/mol. The van der Waals surface area contributed by atoms with Gasteiger partial charge in [0.25, 0.3) is 0 Å². The molecular formula is C15H20N2O. The molecule has 2 aromatic rings.